The Morgan fingerprint density at radius 3 is 2.64 bits per heavy atom. The van der Waals surface area contributed by atoms with Crippen LogP contribution >= 0.6 is 0 Å². The average molecular weight is 345 g/mol. The third-order valence-electron chi connectivity index (χ3n) is 3.56. The number of nitrogens with one attached hydrogen (secondary N) is 1. The van der Waals surface area contributed by atoms with Crippen molar-refractivity contribution in [1.82, 2.24) is 4.98 Å². The molecule has 0 bridgehead atoms. The number of amides is 1. The van der Waals surface area contributed by atoms with Gasteiger partial charge in [0.2, 0.25) is 5.91 Å². The molecule has 3 N–H and O–H groups in total. The van der Waals surface area contributed by atoms with Crippen LogP contribution in [-0.2, 0) is 4.79 Å². The predicted molar refractivity (Wildman–Crippen MR) is 96.9 cm³/mol. The number of aromatic nitrogens is 1. The fourth-order valence-corrected chi connectivity index (χ4v) is 2.53. The van der Waals surface area contributed by atoms with Crippen molar-refractivity contribution in [2.45, 2.75) is 33.2 Å². The first-order valence-corrected chi connectivity index (χ1v) is 8.27. The van der Waals surface area contributed by atoms with Crippen molar-refractivity contribution in [3.63, 3.8) is 0 Å². The first-order chi connectivity index (χ1) is 11.8. The molecule has 5 nitrogen and oxygen atoms in total. The molecule has 0 saturated carbocycles. The molecule has 1 aromatic heterocycles. The van der Waals surface area contributed by atoms with Gasteiger partial charge in [-0.25, -0.2) is 9.37 Å². The molecule has 0 saturated heterocycles. The largest absolute Gasteiger partial charge is 0.489 e. The molecule has 1 heterocycles. The number of nitrogens with zero attached hydrogens (tertiary/aromatic N) is 1. The minimum absolute atomic E-state index is 0.125. The van der Waals surface area contributed by atoms with Crippen LogP contribution in [0.15, 0.2) is 36.5 Å². The lowest BCUT2D eigenvalue weighted by atomic mass is 10.1. The second-order valence-electron chi connectivity index (χ2n) is 6.46. The highest BCUT2D eigenvalue weighted by atomic mass is 19.1. The molecule has 0 fully saturated rings. The topological polar surface area (TPSA) is 77.2 Å². The SMILES string of the molecule is CC(=O)Nc1cc(-c2ccc(OCC(N)CC(C)C)c(F)c2)ccn1. The van der Waals surface area contributed by atoms with Gasteiger partial charge in [0.1, 0.15) is 12.4 Å². The first kappa shape index (κ1) is 18.9. The fourth-order valence-electron chi connectivity index (χ4n) is 2.53. The van der Waals surface area contributed by atoms with Gasteiger partial charge in [-0.3, -0.25) is 4.79 Å². The van der Waals surface area contributed by atoms with E-state index in [-0.39, 0.29) is 24.3 Å². The smallest absolute Gasteiger partial charge is 0.222 e. The van der Waals surface area contributed by atoms with Crippen LogP contribution in [0.25, 0.3) is 11.1 Å². The molecule has 1 aromatic carbocycles. The van der Waals surface area contributed by atoms with Gasteiger partial charge in [0.05, 0.1) is 0 Å². The molecule has 0 radical (unpaired) electrons. The summed E-state index contributed by atoms with van der Waals surface area (Å²) in [4.78, 5) is 15.2. The van der Waals surface area contributed by atoms with Crippen molar-refractivity contribution < 1.29 is 13.9 Å². The van der Waals surface area contributed by atoms with Gasteiger partial charge < -0.3 is 15.8 Å². The van der Waals surface area contributed by atoms with E-state index < -0.39 is 5.82 Å². The Morgan fingerprint density at radius 1 is 1.28 bits per heavy atom. The minimum atomic E-state index is -0.452. The Hall–Kier alpha value is -2.47. The zero-order valence-corrected chi connectivity index (χ0v) is 14.8. The number of halogens is 1. The highest BCUT2D eigenvalue weighted by molar-refractivity contribution is 5.88. The summed E-state index contributed by atoms with van der Waals surface area (Å²) in [6, 6.07) is 8.06. The predicted octanol–water partition coefficient (Wildman–Crippen LogP) is 3.60. The van der Waals surface area contributed by atoms with Crippen LogP contribution in [0.5, 0.6) is 5.75 Å². The molecule has 1 unspecified atom stereocenters. The number of benzene rings is 1. The fraction of sp³-hybridized carbons (Fsp3) is 0.368. The van der Waals surface area contributed by atoms with E-state index in [9.17, 15) is 9.18 Å². The van der Waals surface area contributed by atoms with Crippen molar-refractivity contribution in [3.05, 3.63) is 42.3 Å². The zero-order valence-electron chi connectivity index (χ0n) is 14.8. The third-order valence-corrected chi connectivity index (χ3v) is 3.56. The Kier molecular flexibility index (Phi) is 6.47. The summed E-state index contributed by atoms with van der Waals surface area (Å²) in [6.45, 7) is 5.85. The van der Waals surface area contributed by atoms with Crippen molar-refractivity contribution >= 4 is 11.7 Å². The maximum Gasteiger partial charge on any atom is 0.222 e. The number of carbonyl (C=O) groups is 1. The number of hydrogen-bond acceptors (Lipinski definition) is 4. The van der Waals surface area contributed by atoms with E-state index in [0.29, 0.717) is 17.3 Å². The van der Waals surface area contributed by atoms with Gasteiger partial charge in [0.25, 0.3) is 0 Å². The Bertz CT molecular complexity index is 734. The first-order valence-electron chi connectivity index (χ1n) is 8.27. The van der Waals surface area contributed by atoms with Crippen molar-refractivity contribution in [1.29, 1.82) is 0 Å². The van der Waals surface area contributed by atoms with Crippen molar-refractivity contribution in [2.75, 3.05) is 11.9 Å². The van der Waals surface area contributed by atoms with Crippen molar-refractivity contribution in [3.8, 4) is 16.9 Å². The third kappa shape index (κ3) is 5.83. The van der Waals surface area contributed by atoms with Crippen LogP contribution in [0.1, 0.15) is 27.2 Å². The number of pyridine rings is 1. The van der Waals surface area contributed by atoms with Crippen LogP contribution < -0.4 is 15.8 Å². The lowest BCUT2D eigenvalue weighted by Gasteiger charge is -2.15. The van der Waals surface area contributed by atoms with Crippen LogP contribution in [0, 0.1) is 11.7 Å². The summed E-state index contributed by atoms with van der Waals surface area (Å²) in [7, 11) is 0. The van der Waals surface area contributed by atoms with E-state index in [4.69, 9.17) is 10.5 Å². The van der Waals surface area contributed by atoms with E-state index >= 15 is 0 Å². The summed E-state index contributed by atoms with van der Waals surface area (Å²) >= 11 is 0. The molecular weight excluding hydrogens is 321 g/mol. The molecule has 25 heavy (non-hydrogen) atoms. The summed E-state index contributed by atoms with van der Waals surface area (Å²) in [5.74, 6) is 0.407. The van der Waals surface area contributed by atoms with Gasteiger partial charge in [-0.1, -0.05) is 19.9 Å². The van der Waals surface area contributed by atoms with Gasteiger partial charge in [0, 0.05) is 19.2 Å². The maximum absolute atomic E-state index is 14.3. The standard InChI is InChI=1S/C19H24FN3O2/c1-12(2)8-16(21)11-25-18-5-4-14(9-17(18)20)15-6-7-22-19(10-15)23-13(3)24/h4-7,9-10,12,16H,8,11,21H2,1-3H3,(H,22,23,24). The number of nitrogens with two attached hydrogens (primary N) is 1. The molecule has 1 amide bonds. The quantitative estimate of drug-likeness (QED) is 0.804. The Labute approximate surface area is 147 Å². The van der Waals surface area contributed by atoms with Crippen LogP contribution in [0.2, 0.25) is 0 Å². The van der Waals surface area contributed by atoms with Gasteiger partial charge in [0.15, 0.2) is 11.6 Å². The van der Waals surface area contributed by atoms with E-state index in [1.807, 2.05) is 0 Å². The van der Waals surface area contributed by atoms with Crippen LogP contribution in [0.4, 0.5) is 10.2 Å². The summed E-state index contributed by atoms with van der Waals surface area (Å²) in [6.07, 6.45) is 2.39. The number of rotatable bonds is 7. The van der Waals surface area contributed by atoms with E-state index in [1.54, 1.807) is 30.5 Å². The maximum atomic E-state index is 14.3. The second kappa shape index (κ2) is 8.58. The van der Waals surface area contributed by atoms with Crippen LogP contribution in [-0.4, -0.2) is 23.5 Å². The van der Waals surface area contributed by atoms with Crippen molar-refractivity contribution in [2.24, 2.45) is 11.7 Å². The summed E-state index contributed by atoms with van der Waals surface area (Å²) in [5, 5.41) is 2.61. The summed E-state index contributed by atoms with van der Waals surface area (Å²) in [5.41, 5.74) is 7.38. The molecule has 0 aliphatic rings. The average Bonchev–Trinajstić information content (AvgIpc) is 2.52. The van der Waals surface area contributed by atoms with Gasteiger partial charge in [-0.05, 0) is 47.7 Å². The normalized spacial score (nSPS) is 12.1. The minimum Gasteiger partial charge on any atom is -0.489 e. The van der Waals surface area contributed by atoms with E-state index in [1.165, 1.54) is 13.0 Å². The molecule has 2 rings (SSSR count). The number of anilines is 1. The Morgan fingerprint density at radius 2 is 2.00 bits per heavy atom. The van der Waals surface area contributed by atoms with E-state index in [0.717, 1.165) is 12.0 Å². The van der Waals surface area contributed by atoms with E-state index in [2.05, 4.69) is 24.1 Å². The molecule has 2 aromatic rings. The molecule has 134 valence electrons. The lowest BCUT2D eigenvalue weighted by molar-refractivity contribution is -0.114. The van der Waals surface area contributed by atoms with Crippen LogP contribution in [0.3, 0.4) is 0 Å². The second-order valence-corrected chi connectivity index (χ2v) is 6.46. The zero-order chi connectivity index (χ0) is 18.4. The summed E-state index contributed by atoms with van der Waals surface area (Å²) < 4.78 is 19.8. The molecule has 0 spiro atoms. The lowest BCUT2D eigenvalue weighted by Crippen LogP contribution is -2.29. The highest BCUT2D eigenvalue weighted by Gasteiger charge is 2.11. The molecular formula is C19H24FN3O2. The van der Waals surface area contributed by atoms with Gasteiger partial charge in [-0.2, -0.15) is 0 Å². The van der Waals surface area contributed by atoms with Gasteiger partial charge in [-0.15, -0.1) is 0 Å². The highest BCUT2D eigenvalue weighted by Crippen LogP contribution is 2.27. The molecule has 1 atom stereocenters. The number of ether oxygens (including phenoxy) is 1. The molecule has 0 aliphatic carbocycles. The number of carbonyl (C=O) groups excluding carboxylic acids is 1. The molecule has 6 heteroatoms. The van der Waals surface area contributed by atoms with Gasteiger partial charge >= 0.3 is 0 Å². The molecule has 0 aliphatic heterocycles. The number of hydrogen-bond donors (Lipinski definition) is 2. The monoisotopic (exact) mass is 345 g/mol. The Balaban J connectivity index is 2.10.